The normalized spacial score (nSPS) is 11.2. The van der Waals surface area contributed by atoms with Gasteiger partial charge in [-0.15, -0.1) is 0 Å². The highest BCUT2D eigenvalue weighted by Gasteiger charge is 2.15. The van der Waals surface area contributed by atoms with Crippen LogP contribution < -0.4 is 4.74 Å². The number of benzene rings is 2. The molecule has 0 atom stereocenters. The van der Waals surface area contributed by atoms with Crippen LogP contribution in [0.1, 0.15) is 26.3 Å². The second-order valence-electron chi connectivity index (χ2n) is 5.78. The fourth-order valence-electron chi connectivity index (χ4n) is 1.88. The molecule has 0 saturated heterocycles. The summed E-state index contributed by atoms with van der Waals surface area (Å²) < 4.78 is 5.58. The van der Waals surface area contributed by atoms with Crippen molar-refractivity contribution in [2.24, 2.45) is 0 Å². The number of ether oxygens (including phenoxy) is 1. The molecule has 0 aliphatic carbocycles. The summed E-state index contributed by atoms with van der Waals surface area (Å²) in [6.07, 6.45) is 0. The van der Waals surface area contributed by atoms with Crippen LogP contribution >= 0.6 is 0 Å². The van der Waals surface area contributed by atoms with Crippen LogP contribution in [0.25, 0.3) is 0 Å². The number of hydrogen-bond acceptors (Lipinski definition) is 4. The molecule has 2 aromatic carbocycles. The molecule has 0 aliphatic rings. The maximum absolute atomic E-state index is 10.6. The second-order valence-corrected chi connectivity index (χ2v) is 5.78. The van der Waals surface area contributed by atoms with Crippen LogP contribution in [0.15, 0.2) is 42.5 Å². The number of nitrogens with zero attached hydrogens (tertiary/aromatic N) is 1. The van der Waals surface area contributed by atoms with E-state index in [9.17, 15) is 15.2 Å². The molecule has 5 nitrogen and oxygen atoms in total. The Bertz CT molecular complexity index is 657. The third kappa shape index (κ3) is 3.51. The Balaban J connectivity index is 2.19. The fraction of sp³-hybridized carbons (Fsp3) is 0.250. The van der Waals surface area contributed by atoms with E-state index in [1.807, 2.05) is 24.3 Å². The first-order valence-electron chi connectivity index (χ1n) is 6.53. The number of aromatic hydroxyl groups is 1. The minimum absolute atomic E-state index is 0.0597. The first kappa shape index (κ1) is 14.8. The van der Waals surface area contributed by atoms with Gasteiger partial charge >= 0.3 is 5.69 Å². The molecule has 0 unspecified atom stereocenters. The molecule has 5 heteroatoms. The molecule has 110 valence electrons. The maximum atomic E-state index is 10.6. The van der Waals surface area contributed by atoms with Crippen molar-refractivity contribution < 1.29 is 14.8 Å². The van der Waals surface area contributed by atoms with E-state index in [-0.39, 0.29) is 11.1 Å². The third-order valence-corrected chi connectivity index (χ3v) is 3.10. The van der Waals surface area contributed by atoms with Crippen LogP contribution in [0.4, 0.5) is 5.69 Å². The highest BCUT2D eigenvalue weighted by molar-refractivity contribution is 5.50. The van der Waals surface area contributed by atoms with Gasteiger partial charge in [-0.25, -0.2) is 0 Å². The average molecular weight is 287 g/mol. The van der Waals surface area contributed by atoms with Crippen molar-refractivity contribution in [1.82, 2.24) is 0 Å². The number of nitro benzene ring substituents is 1. The largest absolute Gasteiger partial charge is 0.502 e. The Hall–Kier alpha value is -2.56. The standard InChI is InChI=1S/C16H17NO4/c1-16(2,3)11-4-6-12(7-5-11)21-13-8-9-14(17(19)20)15(18)10-13/h4-10,18H,1-3H3. The van der Waals surface area contributed by atoms with Gasteiger partial charge in [0.2, 0.25) is 0 Å². The number of phenolic OH excluding ortho intramolecular Hbond substituents is 1. The summed E-state index contributed by atoms with van der Waals surface area (Å²) >= 11 is 0. The Labute approximate surface area is 123 Å². The van der Waals surface area contributed by atoms with Crippen LogP contribution in [0.5, 0.6) is 17.2 Å². The van der Waals surface area contributed by atoms with E-state index in [0.717, 1.165) is 0 Å². The third-order valence-electron chi connectivity index (χ3n) is 3.10. The van der Waals surface area contributed by atoms with E-state index >= 15 is 0 Å². The van der Waals surface area contributed by atoms with Crippen molar-refractivity contribution in [2.45, 2.75) is 26.2 Å². The summed E-state index contributed by atoms with van der Waals surface area (Å²) in [4.78, 5) is 9.99. The van der Waals surface area contributed by atoms with E-state index in [1.165, 1.54) is 23.8 Å². The molecule has 0 aliphatic heterocycles. The van der Waals surface area contributed by atoms with Crippen LogP contribution in [0.3, 0.4) is 0 Å². The van der Waals surface area contributed by atoms with E-state index in [1.54, 1.807) is 0 Å². The Kier molecular flexibility index (Phi) is 3.84. The molecule has 0 fully saturated rings. The van der Waals surface area contributed by atoms with Crippen molar-refractivity contribution in [3.63, 3.8) is 0 Å². The lowest BCUT2D eigenvalue weighted by Gasteiger charge is -2.19. The summed E-state index contributed by atoms with van der Waals surface area (Å²) in [6, 6.07) is 11.5. The van der Waals surface area contributed by atoms with Crippen LogP contribution in [-0.4, -0.2) is 10.0 Å². The number of phenols is 1. The fourth-order valence-corrected chi connectivity index (χ4v) is 1.88. The van der Waals surface area contributed by atoms with Crippen molar-refractivity contribution in [3.05, 3.63) is 58.1 Å². The lowest BCUT2D eigenvalue weighted by molar-refractivity contribution is -0.385. The Morgan fingerprint density at radius 1 is 1.05 bits per heavy atom. The smallest absolute Gasteiger partial charge is 0.310 e. The van der Waals surface area contributed by atoms with Crippen LogP contribution in [0, 0.1) is 10.1 Å². The van der Waals surface area contributed by atoms with E-state index in [4.69, 9.17) is 4.74 Å². The van der Waals surface area contributed by atoms with Gasteiger partial charge in [0.05, 0.1) is 4.92 Å². The zero-order chi connectivity index (χ0) is 15.6. The monoisotopic (exact) mass is 287 g/mol. The lowest BCUT2D eigenvalue weighted by Crippen LogP contribution is -2.10. The Morgan fingerprint density at radius 3 is 2.10 bits per heavy atom. The Morgan fingerprint density at radius 2 is 1.62 bits per heavy atom. The van der Waals surface area contributed by atoms with E-state index in [0.29, 0.717) is 11.5 Å². The van der Waals surface area contributed by atoms with Gasteiger partial charge in [0.15, 0.2) is 5.75 Å². The van der Waals surface area contributed by atoms with Crippen molar-refractivity contribution >= 4 is 5.69 Å². The van der Waals surface area contributed by atoms with Crippen molar-refractivity contribution in [3.8, 4) is 17.2 Å². The van der Waals surface area contributed by atoms with Gasteiger partial charge in [-0.05, 0) is 29.2 Å². The highest BCUT2D eigenvalue weighted by atomic mass is 16.6. The van der Waals surface area contributed by atoms with E-state index < -0.39 is 10.7 Å². The van der Waals surface area contributed by atoms with Gasteiger partial charge in [-0.1, -0.05) is 32.9 Å². The first-order chi connectivity index (χ1) is 9.77. The molecule has 0 heterocycles. The first-order valence-corrected chi connectivity index (χ1v) is 6.53. The van der Waals surface area contributed by atoms with Crippen molar-refractivity contribution in [2.75, 3.05) is 0 Å². The minimum Gasteiger partial charge on any atom is -0.502 e. The predicted octanol–water partition coefficient (Wildman–Crippen LogP) is 4.39. The van der Waals surface area contributed by atoms with Gasteiger partial charge in [-0.3, -0.25) is 10.1 Å². The maximum Gasteiger partial charge on any atom is 0.310 e. The summed E-state index contributed by atoms with van der Waals surface area (Å²) in [5.74, 6) is 0.543. The van der Waals surface area contributed by atoms with E-state index in [2.05, 4.69) is 20.8 Å². The summed E-state index contributed by atoms with van der Waals surface area (Å²) in [6.45, 7) is 6.37. The molecular weight excluding hydrogens is 270 g/mol. The summed E-state index contributed by atoms with van der Waals surface area (Å²) in [7, 11) is 0. The minimum atomic E-state index is -0.642. The average Bonchev–Trinajstić information content (AvgIpc) is 2.38. The lowest BCUT2D eigenvalue weighted by atomic mass is 9.87. The number of hydrogen-bond donors (Lipinski definition) is 1. The molecule has 21 heavy (non-hydrogen) atoms. The van der Waals surface area contributed by atoms with Crippen molar-refractivity contribution in [1.29, 1.82) is 0 Å². The van der Waals surface area contributed by atoms with Gasteiger partial charge in [-0.2, -0.15) is 0 Å². The molecular formula is C16H17NO4. The van der Waals surface area contributed by atoms with Gasteiger partial charge < -0.3 is 9.84 Å². The van der Waals surface area contributed by atoms with Crippen LogP contribution in [0.2, 0.25) is 0 Å². The molecule has 0 saturated carbocycles. The zero-order valence-corrected chi connectivity index (χ0v) is 12.2. The molecule has 1 N–H and O–H groups in total. The highest BCUT2D eigenvalue weighted by Crippen LogP contribution is 2.32. The molecule has 0 spiro atoms. The molecule has 0 aromatic heterocycles. The topological polar surface area (TPSA) is 72.6 Å². The zero-order valence-electron chi connectivity index (χ0n) is 12.2. The number of rotatable bonds is 3. The van der Waals surface area contributed by atoms with Crippen LogP contribution in [-0.2, 0) is 5.41 Å². The quantitative estimate of drug-likeness (QED) is 0.671. The molecule has 0 bridgehead atoms. The summed E-state index contributed by atoms with van der Waals surface area (Å²) in [5.41, 5.74) is 0.899. The summed E-state index contributed by atoms with van der Waals surface area (Å²) in [5, 5.41) is 20.2. The number of nitro groups is 1. The molecule has 0 amide bonds. The molecule has 2 aromatic rings. The molecule has 2 rings (SSSR count). The van der Waals surface area contributed by atoms with Gasteiger partial charge in [0.25, 0.3) is 0 Å². The predicted molar refractivity (Wildman–Crippen MR) is 80.0 cm³/mol. The van der Waals surface area contributed by atoms with Gasteiger partial charge in [0, 0.05) is 12.1 Å². The van der Waals surface area contributed by atoms with Gasteiger partial charge in [0.1, 0.15) is 11.5 Å². The SMILES string of the molecule is CC(C)(C)c1ccc(Oc2ccc([N+](=O)[O-])c(O)c2)cc1. The molecule has 0 radical (unpaired) electrons. The second kappa shape index (κ2) is 5.44.